The van der Waals surface area contributed by atoms with Crippen LogP contribution >= 0.6 is 11.6 Å². The molecule has 106 valence electrons. The summed E-state index contributed by atoms with van der Waals surface area (Å²) < 4.78 is 0. The summed E-state index contributed by atoms with van der Waals surface area (Å²) in [5, 5.41) is 4.39. The molecule has 1 N–H and O–H groups in total. The van der Waals surface area contributed by atoms with Crippen molar-refractivity contribution in [3.8, 4) is 0 Å². The van der Waals surface area contributed by atoms with Gasteiger partial charge in [0.15, 0.2) is 0 Å². The van der Waals surface area contributed by atoms with Crippen LogP contribution in [0, 0.1) is 0 Å². The van der Waals surface area contributed by atoms with Crippen molar-refractivity contribution in [3.05, 3.63) is 34.9 Å². The lowest BCUT2D eigenvalue weighted by Crippen LogP contribution is -2.48. The van der Waals surface area contributed by atoms with Crippen molar-refractivity contribution < 1.29 is 0 Å². The maximum absolute atomic E-state index is 5.96. The fraction of sp³-hybridized carbons (Fsp3) is 0.625. The van der Waals surface area contributed by atoms with Gasteiger partial charge in [0.2, 0.25) is 0 Å². The number of nitrogens with one attached hydrogen (secondary N) is 1. The van der Waals surface area contributed by atoms with E-state index in [0.29, 0.717) is 18.1 Å². The molecule has 3 atom stereocenters. The van der Waals surface area contributed by atoms with E-state index in [9.17, 15) is 0 Å². The monoisotopic (exact) mass is 280 g/mol. The Hall–Kier alpha value is -0.570. The Bertz CT molecular complexity index is 390. The molecule has 3 heteroatoms. The SMILES string of the molecule is CCNC1CCN(C(C)c2ccc(Cl)cc2)C(C)C1. The standard InChI is InChI=1S/C16H25ClN2/c1-4-18-16-9-10-19(12(2)11-16)13(3)14-5-7-15(17)8-6-14/h5-8,12-13,16,18H,4,9-11H2,1-3H3. The highest BCUT2D eigenvalue weighted by molar-refractivity contribution is 6.30. The molecule has 1 aliphatic rings. The quantitative estimate of drug-likeness (QED) is 0.901. The van der Waals surface area contributed by atoms with E-state index in [4.69, 9.17) is 11.6 Å². The predicted octanol–water partition coefficient (Wildman–Crippen LogP) is 3.86. The Labute approximate surface area is 122 Å². The molecule has 0 bridgehead atoms. The van der Waals surface area contributed by atoms with Gasteiger partial charge in [0.25, 0.3) is 0 Å². The normalized spacial score (nSPS) is 26.3. The number of benzene rings is 1. The molecule has 0 aromatic heterocycles. The van der Waals surface area contributed by atoms with Gasteiger partial charge in [0.05, 0.1) is 0 Å². The second-order valence-corrected chi connectivity index (χ2v) is 6.03. The maximum Gasteiger partial charge on any atom is 0.0406 e. The largest absolute Gasteiger partial charge is 0.314 e. The van der Waals surface area contributed by atoms with Crippen molar-refractivity contribution in [1.82, 2.24) is 10.2 Å². The smallest absolute Gasteiger partial charge is 0.0406 e. The minimum absolute atomic E-state index is 0.467. The molecule has 0 amide bonds. The summed E-state index contributed by atoms with van der Waals surface area (Å²) in [7, 11) is 0. The van der Waals surface area contributed by atoms with Crippen molar-refractivity contribution in [2.45, 2.75) is 51.7 Å². The van der Waals surface area contributed by atoms with Crippen LogP contribution < -0.4 is 5.32 Å². The first-order chi connectivity index (χ1) is 9.11. The van der Waals surface area contributed by atoms with E-state index in [2.05, 4.69) is 43.1 Å². The highest BCUT2D eigenvalue weighted by Crippen LogP contribution is 2.28. The van der Waals surface area contributed by atoms with Crippen molar-refractivity contribution in [2.75, 3.05) is 13.1 Å². The molecule has 1 aromatic carbocycles. The molecular formula is C16H25ClN2. The molecule has 1 saturated heterocycles. The third-order valence-electron chi connectivity index (χ3n) is 4.27. The van der Waals surface area contributed by atoms with E-state index < -0.39 is 0 Å². The van der Waals surface area contributed by atoms with Crippen molar-refractivity contribution >= 4 is 11.6 Å². The number of hydrogen-bond acceptors (Lipinski definition) is 2. The number of piperidine rings is 1. The molecule has 0 aliphatic carbocycles. The zero-order chi connectivity index (χ0) is 13.8. The van der Waals surface area contributed by atoms with Crippen LogP contribution in [-0.2, 0) is 0 Å². The van der Waals surface area contributed by atoms with E-state index in [1.807, 2.05) is 12.1 Å². The summed E-state index contributed by atoms with van der Waals surface area (Å²) in [6.45, 7) is 9.07. The van der Waals surface area contributed by atoms with Crippen molar-refractivity contribution in [3.63, 3.8) is 0 Å². The Morgan fingerprint density at radius 1 is 1.37 bits per heavy atom. The minimum atomic E-state index is 0.467. The van der Waals surface area contributed by atoms with Crippen LogP contribution in [0.15, 0.2) is 24.3 Å². The molecule has 2 rings (SSSR count). The van der Waals surface area contributed by atoms with Gasteiger partial charge in [-0.1, -0.05) is 30.7 Å². The molecule has 1 aliphatic heterocycles. The van der Waals surface area contributed by atoms with Crippen LogP contribution in [0.4, 0.5) is 0 Å². The van der Waals surface area contributed by atoms with E-state index in [1.54, 1.807) is 0 Å². The average molecular weight is 281 g/mol. The molecule has 0 saturated carbocycles. The summed E-state index contributed by atoms with van der Waals surface area (Å²) in [6.07, 6.45) is 2.49. The zero-order valence-corrected chi connectivity index (χ0v) is 13.0. The van der Waals surface area contributed by atoms with Gasteiger partial charge in [-0.15, -0.1) is 0 Å². The first kappa shape index (κ1) is 14.8. The summed E-state index contributed by atoms with van der Waals surface area (Å²) >= 11 is 5.96. The average Bonchev–Trinajstić information content (AvgIpc) is 2.39. The van der Waals surface area contributed by atoms with Gasteiger partial charge < -0.3 is 5.32 Å². The maximum atomic E-state index is 5.96. The molecule has 0 radical (unpaired) electrons. The fourth-order valence-corrected chi connectivity index (χ4v) is 3.30. The van der Waals surface area contributed by atoms with E-state index in [-0.39, 0.29) is 0 Å². The molecule has 1 fully saturated rings. The van der Waals surface area contributed by atoms with Crippen LogP contribution in [0.3, 0.4) is 0 Å². The van der Waals surface area contributed by atoms with Crippen molar-refractivity contribution in [2.24, 2.45) is 0 Å². The predicted molar refractivity (Wildman–Crippen MR) is 82.7 cm³/mol. The van der Waals surface area contributed by atoms with Gasteiger partial charge in [0, 0.05) is 29.7 Å². The van der Waals surface area contributed by atoms with Gasteiger partial charge in [0.1, 0.15) is 0 Å². The summed E-state index contributed by atoms with van der Waals surface area (Å²) in [5.41, 5.74) is 1.36. The minimum Gasteiger partial charge on any atom is -0.314 e. The first-order valence-electron chi connectivity index (χ1n) is 7.36. The topological polar surface area (TPSA) is 15.3 Å². The van der Waals surface area contributed by atoms with Crippen LogP contribution in [0.25, 0.3) is 0 Å². The van der Waals surface area contributed by atoms with Crippen LogP contribution in [0.2, 0.25) is 5.02 Å². The Morgan fingerprint density at radius 3 is 2.63 bits per heavy atom. The fourth-order valence-electron chi connectivity index (χ4n) is 3.17. The zero-order valence-electron chi connectivity index (χ0n) is 12.2. The van der Waals surface area contributed by atoms with Gasteiger partial charge in [-0.25, -0.2) is 0 Å². The Morgan fingerprint density at radius 2 is 2.05 bits per heavy atom. The second kappa shape index (κ2) is 6.74. The number of nitrogens with zero attached hydrogens (tertiary/aromatic N) is 1. The lowest BCUT2D eigenvalue weighted by molar-refractivity contribution is 0.0960. The van der Waals surface area contributed by atoms with Gasteiger partial charge in [-0.2, -0.15) is 0 Å². The molecule has 0 spiro atoms. The van der Waals surface area contributed by atoms with Crippen molar-refractivity contribution in [1.29, 1.82) is 0 Å². The van der Waals surface area contributed by atoms with Crippen LogP contribution in [0.5, 0.6) is 0 Å². The van der Waals surface area contributed by atoms with E-state index >= 15 is 0 Å². The number of hydrogen-bond donors (Lipinski definition) is 1. The third-order valence-corrected chi connectivity index (χ3v) is 4.52. The van der Waals surface area contributed by atoms with Crippen LogP contribution in [0.1, 0.15) is 45.2 Å². The molecule has 1 aromatic rings. The lowest BCUT2D eigenvalue weighted by atomic mass is 9.94. The summed E-state index contributed by atoms with van der Waals surface area (Å²) in [4.78, 5) is 2.61. The highest BCUT2D eigenvalue weighted by atomic mass is 35.5. The molecule has 19 heavy (non-hydrogen) atoms. The summed E-state index contributed by atoms with van der Waals surface area (Å²) in [5.74, 6) is 0. The number of likely N-dealkylation sites (tertiary alicyclic amines) is 1. The Kier molecular flexibility index (Phi) is 5.26. The third kappa shape index (κ3) is 3.71. The Balaban J connectivity index is 2.00. The molecule has 1 heterocycles. The highest BCUT2D eigenvalue weighted by Gasteiger charge is 2.28. The van der Waals surface area contributed by atoms with Gasteiger partial charge in [-0.05, 0) is 50.9 Å². The van der Waals surface area contributed by atoms with Gasteiger partial charge in [-0.3, -0.25) is 4.90 Å². The van der Waals surface area contributed by atoms with E-state index in [1.165, 1.54) is 24.9 Å². The first-order valence-corrected chi connectivity index (χ1v) is 7.74. The number of rotatable bonds is 4. The number of halogens is 1. The molecular weight excluding hydrogens is 256 g/mol. The second-order valence-electron chi connectivity index (χ2n) is 5.59. The van der Waals surface area contributed by atoms with Crippen LogP contribution in [-0.4, -0.2) is 30.1 Å². The molecule has 2 nitrogen and oxygen atoms in total. The lowest BCUT2D eigenvalue weighted by Gasteiger charge is -2.41. The van der Waals surface area contributed by atoms with Gasteiger partial charge >= 0.3 is 0 Å². The molecule has 3 unspecified atom stereocenters. The summed E-state index contributed by atoms with van der Waals surface area (Å²) in [6, 6.07) is 10.1. The van der Waals surface area contributed by atoms with E-state index in [0.717, 1.165) is 11.6 Å².